The maximum absolute atomic E-state index is 2.52. The molecule has 170 valence electrons. The number of benzene rings is 5. The summed E-state index contributed by atoms with van der Waals surface area (Å²) >= 11 is 0. The summed E-state index contributed by atoms with van der Waals surface area (Å²) in [4.78, 5) is 0. The minimum absolute atomic E-state index is 0.00545. The molecule has 35 heavy (non-hydrogen) atoms. The van der Waals surface area contributed by atoms with Gasteiger partial charge in [0.05, 0.1) is 0 Å². The topological polar surface area (TPSA) is 0 Å². The van der Waals surface area contributed by atoms with E-state index in [9.17, 15) is 0 Å². The SMILES string of the molecule is Cc1ccc(-c2cc3c(c4ccccc24)-c2cc4c(cc2C3(C)C)-c2ccccc2C4(C)C)cc1. The monoisotopic (exact) mass is 450 g/mol. The Bertz CT molecular complexity index is 1680. The minimum Gasteiger partial charge on any atom is -0.0619 e. The molecule has 5 aromatic carbocycles. The number of hydrogen-bond donors (Lipinski definition) is 0. The molecule has 0 heteroatoms. The van der Waals surface area contributed by atoms with E-state index in [1.165, 1.54) is 72.0 Å². The van der Waals surface area contributed by atoms with Crippen molar-refractivity contribution in [1.82, 2.24) is 0 Å². The average molecular weight is 451 g/mol. The molecule has 0 N–H and O–H groups in total. The molecule has 0 aliphatic heterocycles. The van der Waals surface area contributed by atoms with Gasteiger partial charge in [0, 0.05) is 10.8 Å². The molecule has 0 amide bonds. The van der Waals surface area contributed by atoms with Crippen LogP contribution in [0.3, 0.4) is 0 Å². The molecule has 2 aliphatic carbocycles. The normalized spacial score (nSPS) is 16.0. The Morgan fingerprint density at radius 1 is 0.457 bits per heavy atom. The van der Waals surface area contributed by atoms with Gasteiger partial charge in [-0.2, -0.15) is 0 Å². The largest absolute Gasteiger partial charge is 0.0619 e. The lowest BCUT2D eigenvalue weighted by Gasteiger charge is -2.24. The predicted molar refractivity (Wildman–Crippen MR) is 149 cm³/mol. The Labute approximate surface area is 208 Å². The van der Waals surface area contributed by atoms with Crippen molar-refractivity contribution in [3.05, 3.63) is 119 Å². The van der Waals surface area contributed by atoms with Gasteiger partial charge < -0.3 is 0 Å². The lowest BCUT2D eigenvalue weighted by molar-refractivity contribution is 0.652. The summed E-state index contributed by atoms with van der Waals surface area (Å²) in [6.07, 6.45) is 0. The molecule has 0 bridgehead atoms. The first-order chi connectivity index (χ1) is 16.8. The molecule has 0 nitrogen and oxygen atoms in total. The molecule has 7 rings (SSSR count). The van der Waals surface area contributed by atoms with Crippen LogP contribution in [-0.4, -0.2) is 0 Å². The van der Waals surface area contributed by atoms with Gasteiger partial charge in [-0.15, -0.1) is 0 Å². The molecule has 0 fully saturated rings. The molecule has 0 saturated carbocycles. The van der Waals surface area contributed by atoms with E-state index in [0.29, 0.717) is 0 Å². The average Bonchev–Trinajstić information content (AvgIpc) is 3.23. The second-order valence-electron chi connectivity index (χ2n) is 11.5. The molecular weight excluding hydrogens is 420 g/mol. The summed E-state index contributed by atoms with van der Waals surface area (Å²) in [5.74, 6) is 0. The molecule has 0 radical (unpaired) electrons. The van der Waals surface area contributed by atoms with E-state index >= 15 is 0 Å². The second-order valence-corrected chi connectivity index (χ2v) is 11.5. The Hall–Kier alpha value is -3.64. The van der Waals surface area contributed by atoms with Crippen molar-refractivity contribution in [3.63, 3.8) is 0 Å². The fourth-order valence-electron chi connectivity index (χ4n) is 6.75. The van der Waals surface area contributed by atoms with Crippen LogP contribution in [0.1, 0.15) is 55.5 Å². The lowest BCUT2D eigenvalue weighted by Crippen LogP contribution is -2.17. The number of hydrogen-bond acceptors (Lipinski definition) is 0. The van der Waals surface area contributed by atoms with Crippen LogP contribution in [0.25, 0.3) is 44.2 Å². The Kier molecular flexibility index (Phi) is 3.98. The molecule has 0 atom stereocenters. The fraction of sp³-hybridized carbons (Fsp3) is 0.200. The van der Waals surface area contributed by atoms with Crippen LogP contribution in [0.2, 0.25) is 0 Å². The third-order valence-electron chi connectivity index (χ3n) is 8.74. The van der Waals surface area contributed by atoms with Crippen molar-refractivity contribution >= 4 is 10.8 Å². The van der Waals surface area contributed by atoms with Crippen LogP contribution in [0.5, 0.6) is 0 Å². The van der Waals surface area contributed by atoms with Crippen molar-refractivity contribution in [2.24, 2.45) is 0 Å². The zero-order valence-corrected chi connectivity index (χ0v) is 21.2. The van der Waals surface area contributed by atoms with E-state index in [2.05, 4.69) is 126 Å². The van der Waals surface area contributed by atoms with Crippen LogP contribution in [0.4, 0.5) is 0 Å². The Morgan fingerprint density at radius 3 is 1.80 bits per heavy atom. The van der Waals surface area contributed by atoms with E-state index < -0.39 is 0 Å². The van der Waals surface area contributed by atoms with Gasteiger partial charge in [-0.25, -0.2) is 0 Å². The first-order valence-corrected chi connectivity index (χ1v) is 12.7. The quantitative estimate of drug-likeness (QED) is 0.238. The smallest absolute Gasteiger partial charge is 0.0159 e. The van der Waals surface area contributed by atoms with Crippen LogP contribution in [0, 0.1) is 6.92 Å². The van der Waals surface area contributed by atoms with Crippen molar-refractivity contribution in [1.29, 1.82) is 0 Å². The molecule has 0 aromatic heterocycles. The minimum atomic E-state index is -0.0646. The maximum Gasteiger partial charge on any atom is 0.0159 e. The zero-order chi connectivity index (χ0) is 24.1. The highest BCUT2D eigenvalue weighted by Crippen LogP contribution is 2.58. The van der Waals surface area contributed by atoms with Crippen molar-refractivity contribution in [3.8, 4) is 33.4 Å². The van der Waals surface area contributed by atoms with Gasteiger partial charge in [-0.05, 0) is 91.5 Å². The van der Waals surface area contributed by atoms with E-state index in [1.54, 1.807) is 0 Å². The summed E-state index contributed by atoms with van der Waals surface area (Å²) in [7, 11) is 0. The summed E-state index contributed by atoms with van der Waals surface area (Å²) in [6, 6.07) is 34.5. The third-order valence-corrected chi connectivity index (χ3v) is 8.74. The summed E-state index contributed by atoms with van der Waals surface area (Å²) in [6.45, 7) is 11.7. The van der Waals surface area contributed by atoms with Gasteiger partial charge in [0.15, 0.2) is 0 Å². The van der Waals surface area contributed by atoms with Crippen molar-refractivity contribution in [2.45, 2.75) is 45.4 Å². The van der Waals surface area contributed by atoms with Gasteiger partial charge in [-0.1, -0.05) is 106 Å². The summed E-state index contributed by atoms with van der Waals surface area (Å²) < 4.78 is 0. The van der Waals surface area contributed by atoms with Gasteiger partial charge in [0.1, 0.15) is 0 Å². The van der Waals surface area contributed by atoms with E-state index in [4.69, 9.17) is 0 Å². The first kappa shape index (κ1) is 20.7. The maximum atomic E-state index is 2.52. The summed E-state index contributed by atoms with van der Waals surface area (Å²) in [5.41, 5.74) is 15.3. The van der Waals surface area contributed by atoms with E-state index in [0.717, 1.165) is 0 Å². The van der Waals surface area contributed by atoms with Gasteiger partial charge >= 0.3 is 0 Å². The Balaban J connectivity index is 1.56. The van der Waals surface area contributed by atoms with E-state index in [-0.39, 0.29) is 10.8 Å². The number of rotatable bonds is 1. The van der Waals surface area contributed by atoms with Crippen LogP contribution in [0.15, 0.2) is 91.0 Å². The molecular formula is C35H30. The molecule has 0 unspecified atom stereocenters. The van der Waals surface area contributed by atoms with Crippen LogP contribution >= 0.6 is 0 Å². The number of fused-ring (bicyclic) bond motifs is 8. The zero-order valence-electron chi connectivity index (χ0n) is 21.2. The Morgan fingerprint density at radius 2 is 1.03 bits per heavy atom. The van der Waals surface area contributed by atoms with Gasteiger partial charge in [0.25, 0.3) is 0 Å². The lowest BCUT2D eigenvalue weighted by atomic mass is 9.79. The van der Waals surface area contributed by atoms with Crippen molar-refractivity contribution in [2.75, 3.05) is 0 Å². The fourth-order valence-corrected chi connectivity index (χ4v) is 6.75. The highest BCUT2D eigenvalue weighted by atomic mass is 14.4. The van der Waals surface area contributed by atoms with Crippen LogP contribution in [-0.2, 0) is 10.8 Å². The molecule has 0 spiro atoms. The molecule has 5 aromatic rings. The van der Waals surface area contributed by atoms with Gasteiger partial charge in [-0.3, -0.25) is 0 Å². The molecule has 0 saturated heterocycles. The second kappa shape index (κ2) is 6.73. The standard InChI is InChI=1S/C35H30/c1-21-14-16-22(17-15-21)26-18-32-33(25-12-7-6-10-23(25)26)28-20-30-27(19-31(28)35(32,4)5)24-11-8-9-13-29(24)34(30,2)3/h6-20H,1-5H3. The van der Waals surface area contributed by atoms with Crippen molar-refractivity contribution < 1.29 is 0 Å². The van der Waals surface area contributed by atoms with E-state index in [1.807, 2.05) is 0 Å². The third kappa shape index (κ3) is 2.63. The van der Waals surface area contributed by atoms with Crippen LogP contribution < -0.4 is 0 Å². The molecule has 2 aliphatic rings. The predicted octanol–water partition coefficient (Wildman–Crippen LogP) is 9.43. The number of aryl methyl sites for hydroxylation is 1. The molecule has 0 heterocycles. The first-order valence-electron chi connectivity index (χ1n) is 12.7. The van der Waals surface area contributed by atoms with Gasteiger partial charge in [0.2, 0.25) is 0 Å². The highest BCUT2D eigenvalue weighted by molar-refractivity contribution is 6.09. The summed E-state index contributed by atoms with van der Waals surface area (Å²) in [5, 5.41) is 2.70. The highest BCUT2D eigenvalue weighted by Gasteiger charge is 2.42.